The molecule has 1 heterocycles. The number of nitrogens with two attached hydrogens (primary N) is 1. The number of hydrogen-bond acceptors (Lipinski definition) is 3. The van der Waals surface area contributed by atoms with Crippen LogP contribution in [0.3, 0.4) is 0 Å². The number of ether oxygens (including phenoxy) is 1. The highest BCUT2D eigenvalue weighted by molar-refractivity contribution is 5.40. The van der Waals surface area contributed by atoms with Gasteiger partial charge in [0.2, 0.25) is 0 Å². The molecule has 2 rings (SSSR count). The van der Waals surface area contributed by atoms with Gasteiger partial charge in [0.15, 0.2) is 0 Å². The minimum absolute atomic E-state index is 0.575. The molecule has 1 aliphatic heterocycles. The lowest BCUT2D eigenvalue weighted by Gasteiger charge is -2.26. The van der Waals surface area contributed by atoms with Crippen molar-refractivity contribution in [2.24, 2.45) is 0 Å². The van der Waals surface area contributed by atoms with Crippen LogP contribution in [0.5, 0.6) is 0 Å². The standard InChI is InChI=1S/C13H20N2O/c1-2-15(13-6-7-16-10-13)9-11-4-3-5-12(14)8-11/h3-5,8,13H,2,6-7,9-10,14H2,1H3. The Morgan fingerprint density at radius 3 is 3.00 bits per heavy atom. The highest BCUT2D eigenvalue weighted by Crippen LogP contribution is 2.16. The van der Waals surface area contributed by atoms with Crippen LogP contribution in [0.15, 0.2) is 24.3 Å². The number of benzene rings is 1. The van der Waals surface area contributed by atoms with E-state index in [4.69, 9.17) is 10.5 Å². The van der Waals surface area contributed by atoms with E-state index in [1.54, 1.807) is 0 Å². The van der Waals surface area contributed by atoms with Crippen LogP contribution in [0, 0.1) is 0 Å². The zero-order valence-electron chi connectivity index (χ0n) is 9.86. The molecule has 1 aliphatic rings. The van der Waals surface area contributed by atoms with Gasteiger partial charge >= 0.3 is 0 Å². The van der Waals surface area contributed by atoms with Gasteiger partial charge in [-0.05, 0) is 30.7 Å². The highest BCUT2D eigenvalue weighted by atomic mass is 16.5. The molecule has 0 spiro atoms. The first-order valence-electron chi connectivity index (χ1n) is 5.96. The zero-order chi connectivity index (χ0) is 11.4. The monoisotopic (exact) mass is 220 g/mol. The summed E-state index contributed by atoms with van der Waals surface area (Å²) >= 11 is 0. The Balaban J connectivity index is 2.00. The first kappa shape index (κ1) is 11.4. The van der Waals surface area contributed by atoms with Gasteiger partial charge in [-0.15, -0.1) is 0 Å². The summed E-state index contributed by atoms with van der Waals surface area (Å²) in [6.45, 7) is 6.00. The fourth-order valence-electron chi connectivity index (χ4n) is 2.24. The first-order chi connectivity index (χ1) is 7.79. The molecule has 0 aliphatic carbocycles. The lowest BCUT2D eigenvalue weighted by atomic mass is 10.1. The van der Waals surface area contributed by atoms with Crippen LogP contribution in [0.25, 0.3) is 0 Å². The summed E-state index contributed by atoms with van der Waals surface area (Å²) in [5, 5.41) is 0. The summed E-state index contributed by atoms with van der Waals surface area (Å²) in [6.07, 6.45) is 1.15. The maximum atomic E-state index is 5.79. The quantitative estimate of drug-likeness (QED) is 0.787. The molecule has 0 amide bonds. The van der Waals surface area contributed by atoms with E-state index in [0.29, 0.717) is 6.04 Å². The van der Waals surface area contributed by atoms with Crippen LogP contribution < -0.4 is 5.73 Å². The summed E-state index contributed by atoms with van der Waals surface area (Å²) in [4.78, 5) is 2.46. The van der Waals surface area contributed by atoms with Gasteiger partial charge < -0.3 is 10.5 Å². The molecule has 1 fully saturated rings. The van der Waals surface area contributed by atoms with Crippen LogP contribution in [0.4, 0.5) is 5.69 Å². The number of nitrogen functional groups attached to an aromatic ring is 1. The topological polar surface area (TPSA) is 38.5 Å². The van der Waals surface area contributed by atoms with Crippen LogP contribution in [-0.4, -0.2) is 30.7 Å². The fourth-order valence-corrected chi connectivity index (χ4v) is 2.24. The highest BCUT2D eigenvalue weighted by Gasteiger charge is 2.21. The molecule has 1 aromatic carbocycles. The van der Waals surface area contributed by atoms with Crippen molar-refractivity contribution in [3.8, 4) is 0 Å². The van der Waals surface area contributed by atoms with Crippen molar-refractivity contribution in [1.82, 2.24) is 4.90 Å². The van der Waals surface area contributed by atoms with Crippen molar-refractivity contribution in [3.63, 3.8) is 0 Å². The third-order valence-electron chi connectivity index (χ3n) is 3.16. The molecule has 0 bridgehead atoms. The van der Waals surface area contributed by atoms with Crippen molar-refractivity contribution in [3.05, 3.63) is 29.8 Å². The normalized spacial score (nSPS) is 20.5. The number of rotatable bonds is 4. The van der Waals surface area contributed by atoms with Crippen molar-refractivity contribution < 1.29 is 4.74 Å². The average Bonchev–Trinajstić information content (AvgIpc) is 2.79. The van der Waals surface area contributed by atoms with E-state index in [0.717, 1.165) is 38.4 Å². The van der Waals surface area contributed by atoms with E-state index < -0.39 is 0 Å². The number of hydrogen-bond donors (Lipinski definition) is 1. The van der Waals surface area contributed by atoms with Crippen LogP contribution in [0.2, 0.25) is 0 Å². The van der Waals surface area contributed by atoms with E-state index >= 15 is 0 Å². The molecular weight excluding hydrogens is 200 g/mol. The molecule has 0 aromatic heterocycles. The summed E-state index contributed by atoms with van der Waals surface area (Å²) in [5.41, 5.74) is 7.92. The molecule has 0 saturated carbocycles. The summed E-state index contributed by atoms with van der Waals surface area (Å²) < 4.78 is 5.43. The second kappa shape index (κ2) is 5.32. The third-order valence-corrected chi connectivity index (χ3v) is 3.16. The van der Waals surface area contributed by atoms with Crippen molar-refractivity contribution >= 4 is 5.69 Å². The second-order valence-electron chi connectivity index (χ2n) is 4.33. The van der Waals surface area contributed by atoms with Gasteiger partial charge in [0, 0.05) is 24.9 Å². The molecule has 2 N–H and O–H groups in total. The summed E-state index contributed by atoms with van der Waals surface area (Å²) in [7, 11) is 0. The van der Waals surface area contributed by atoms with E-state index in [1.165, 1.54) is 5.56 Å². The van der Waals surface area contributed by atoms with E-state index in [1.807, 2.05) is 12.1 Å². The molecule has 88 valence electrons. The smallest absolute Gasteiger partial charge is 0.0622 e. The van der Waals surface area contributed by atoms with Gasteiger partial charge in [-0.3, -0.25) is 4.90 Å². The Morgan fingerprint density at radius 1 is 1.50 bits per heavy atom. The molecule has 1 saturated heterocycles. The summed E-state index contributed by atoms with van der Waals surface area (Å²) in [5.74, 6) is 0. The molecule has 1 unspecified atom stereocenters. The lowest BCUT2D eigenvalue weighted by molar-refractivity contribution is 0.143. The Kier molecular flexibility index (Phi) is 3.80. The van der Waals surface area contributed by atoms with Gasteiger partial charge in [0.25, 0.3) is 0 Å². The first-order valence-corrected chi connectivity index (χ1v) is 5.96. The van der Waals surface area contributed by atoms with E-state index in [2.05, 4.69) is 24.0 Å². The molecular formula is C13H20N2O. The fraction of sp³-hybridized carbons (Fsp3) is 0.538. The maximum Gasteiger partial charge on any atom is 0.0622 e. The van der Waals surface area contributed by atoms with Crippen molar-refractivity contribution in [2.75, 3.05) is 25.5 Å². The molecule has 16 heavy (non-hydrogen) atoms. The average molecular weight is 220 g/mol. The zero-order valence-corrected chi connectivity index (χ0v) is 9.86. The van der Waals surface area contributed by atoms with Gasteiger partial charge in [0.1, 0.15) is 0 Å². The van der Waals surface area contributed by atoms with Crippen LogP contribution in [0.1, 0.15) is 18.9 Å². The van der Waals surface area contributed by atoms with Crippen molar-refractivity contribution in [1.29, 1.82) is 0 Å². The predicted octanol–water partition coefficient (Wildman–Crippen LogP) is 1.88. The molecule has 3 heteroatoms. The Bertz CT molecular complexity index is 334. The van der Waals surface area contributed by atoms with Crippen molar-refractivity contribution in [2.45, 2.75) is 25.9 Å². The molecule has 0 radical (unpaired) electrons. The van der Waals surface area contributed by atoms with Gasteiger partial charge in [-0.2, -0.15) is 0 Å². The van der Waals surface area contributed by atoms with Gasteiger partial charge in [-0.25, -0.2) is 0 Å². The molecule has 3 nitrogen and oxygen atoms in total. The number of anilines is 1. The molecule has 1 atom stereocenters. The summed E-state index contributed by atoms with van der Waals surface area (Å²) in [6, 6.07) is 8.71. The third kappa shape index (κ3) is 2.74. The number of nitrogens with zero attached hydrogens (tertiary/aromatic N) is 1. The van der Waals surface area contributed by atoms with Gasteiger partial charge in [0.05, 0.1) is 6.61 Å². The minimum Gasteiger partial charge on any atom is -0.399 e. The maximum absolute atomic E-state index is 5.79. The second-order valence-corrected chi connectivity index (χ2v) is 4.33. The largest absolute Gasteiger partial charge is 0.399 e. The Labute approximate surface area is 97.2 Å². The predicted molar refractivity (Wildman–Crippen MR) is 66.2 cm³/mol. The van der Waals surface area contributed by atoms with Gasteiger partial charge in [-0.1, -0.05) is 19.1 Å². The van der Waals surface area contributed by atoms with Crippen LogP contribution in [-0.2, 0) is 11.3 Å². The lowest BCUT2D eigenvalue weighted by Crippen LogP contribution is -2.34. The molecule has 1 aromatic rings. The SMILES string of the molecule is CCN(Cc1cccc(N)c1)C1CCOC1. The Morgan fingerprint density at radius 2 is 2.38 bits per heavy atom. The van der Waals surface area contributed by atoms with Crippen LogP contribution >= 0.6 is 0 Å². The Hall–Kier alpha value is -1.06. The van der Waals surface area contributed by atoms with E-state index in [-0.39, 0.29) is 0 Å². The minimum atomic E-state index is 0.575. The van der Waals surface area contributed by atoms with E-state index in [9.17, 15) is 0 Å². The number of likely N-dealkylation sites (N-methyl/N-ethyl adjacent to an activating group) is 1.